The molecule has 88 valence electrons. The third-order valence-electron chi connectivity index (χ3n) is 2.67. The lowest BCUT2D eigenvalue weighted by atomic mass is 10.1. The average molecular weight is 252 g/mol. The van der Waals surface area contributed by atoms with Crippen molar-refractivity contribution in [1.29, 1.82) is 0 Å². The van der Waals surface area contributed by atoms with Crippen LogP contribution >= 0.6 is 11.6 Å². The van der Waals surface area contributed by atoms with Crippen LogP contribution < -0.4 is 4.90 Å². The molecule has 0 atom stereocenters. The second-order valence-corrected chi connectivity index (χ2v) is 4.16. The SMILES string of the molecule is CCC(=O)CN1C(=O)C(=O)c2cccc(Cl)c21. The van der Waals surface area contributed by atoms with Crippen LogP contribution in [0.15, 0.2) is 18.2 Å². The van der Waals surface area contributed by atoms with E-state index in [1.54, 1.807) is 19.1 Å². The predicted octanol–water partition coefficient (Wildman–Crippen LogP) is 1.85. The van der Waals surface area contributed by atoms with Gasteiger partial charge in [-0.25, -0.2) is 0 Å². The molecule has 17 heavy (non-hydrogen) atoms. The van der Waals surface area contributed by atoms with Crippen molar-refractivity contribution in [2.45, 2.75) is 13.3 Å². The zero-order chi connectivity index (χ0) is 12.6. The smallest absolute Gasteiger partial charge is 0.298 e. The van der Waals surface area contributed by atoms with Gasteiger partial charge in [0.15, 0.2) is 5.78 Å². The summed E-state index contributed by atoms with van der Waals surface area (Å²) in [6, 6.07) is 4.74. The van der Waals surface area contributed by atoms with E-state index in [2.05, 4.69) is 0 Å². The molecular weight excluding hydrogens is 242 g/mol. The van der Waals surface area contributed by atoms with E-state index in [1.165, 1.54) is 6.07 Å². The highest BCUT2D eigenvalue weighted by Gasteiger charge is 2.37. The van der Waals surface area contributed by atoms with Gasteiger partial charge in [0.2, 0.25) is 0 Å². The van der Waals surface area contributed by atoms with Crippen molar-refractivity contribution in [2.75, 3.05) is 11.4 Å². The van der Waals surface area contributed by atoms with Crippen LogP contribution in [0.5, 0.6) is 0 Å². The lowest BCUT2D eigenvalue weighted by molar-refractivity contribution is -0.120. The fourth-order valence-corrected chi connectivity index (χ4v) is 2.03. The maximum absolute atomic E-state index is 11.7. The molecule has 5 heteroatoms. The number of benzene rings is 1. The molecule has 0 spiro atoms. The molecule has 0 bridgehead atoms. The zero-order valence-corrected chi connectivity index (χ0v) is 9.95. The number of nitrogens with zero attached hydrogens (tertiary/aromatic N) is 1. The van der Waals surface area contributed by atoms with Gasteiger partial charge in [0.25, 0.3) is 11.7 Å². The monoisotopic (exact) mass is 251 g/mol. The third-order valence-corrected chi connectivity index (χ3v) is 2.97. The standard InChI is InChI=1S/C12H10ClNO3/c1-2-7(15)6-14-10-8(11(16)12(14)17)4-3-5-9(10)13/h3-5H,2,6H2,1H3. The fraction of sp³-hybridized carbons (Fsp3) is 0.250. The molecule has 1 amide bonds. The highest BCUT2D eigenvalue weighted by molar-refractivity contribution is 6.54. The largest absolute Gasteiger partial charge is 0.299 e. The first kappa shape index (κ1) is 11.8. The quantitative estimate of drug-likeness (QED) is 0.771. The molecule has 4 nitrogen and oxygen atoms in total. The molecule has 1 heterocycles. The van der Waals surface area contributed by atoms with Gasteiger partial charge >= 0.3 is 0 Å². The molecule has 0 aliphatic carbocycles. The molecule has 0 saturated carbocycles. The molecule has 0 radical (unpaired) electrons. The zero-order valence-electron chi connectivity index (χ0n) is 9.20. The number of hydrogen-bond donors (Lipinski definition) is 0. The number of Topliss-reactive ketones (excluding diaryl/α,β-unsaturated/α-hetero) is 2. The number of para-hydroxylation sites is 1. The minimum Gasteiger partial charge on any atom is -0.298 e. The molecule has 1 aromatic rings. The van der Waals surface area contributed by atoms with Crippen LogP contribution in [0.3, 0.4) is 0 Å². The first-order chi connectivity index (χ1) is 8.06. The second-order valence-electron chi connectivity index (χ2n) is 3.75. The van der Waals surface area contributed by atoms with Crippen molar-refractivity contribution in [3.8, 4) is 0 Å². The number of hydrogen-bond acceptors (Lipinski definition) is 3. The number of rotatable bonds is 3. The van der Waals surface area contributed by atoms with E-state index < -0.39 is 11.7 Å². The molecule has 1 aliphatic heterocycles. The molecule has 0 fully saturated rings. The first-order valence-electron chi connectivity index (χ1n) is 5.22. The van der Waals surface area contributed by atoms with E-state index in [0.29, 0.717) is 17.1 Å². The van der Waals surface area contributed by atoms with Crippen LogP contribution in [-0.2, 0) is 9.59 Å². The Morgan fingerprint density at radius 3 is 2.71 bits per heavy atom. The van der Waals surface area contributed by atoms with E-state index in [4.69, 9.17) is 11.6 Å². The van der Waals surface area contributed by atoms with Crippen molar-refractivity contribution >= 4 is 34.8 Å². The molecular formula is C12H10ClNO3. The third kappa shape index (κ3) is 1.85. The number of amides is 1. The Morgan fingerprint density at radius 2 is 2.06 bits per heavy atom. The van der Waals surface area contributed by atoms with Gasteiger partial charge in [-0.15, -0.1) is 0 Å². The minimum atomic E-state index is -0.685. The molecule has 0 N–H and O–H groups in total. The number of anilines is 1. The number of carbonyl (C=O) groups excluding carboxylic acids is 3. The van der Waals surface area contributed by atoms with Crippen LogP contribution in [0.4, 0.5) is 5.69 Å². The highest BCUT2D eigenvalue weighted by Crippen LogP contribution is 2.35. The second kappa shape index (κ2) is 4.30. The topological polar surface area (TPSA) is 54.5 Å². The van der Waals surface area contributed by atoms with Gasteiger partial charge in [0.1, 0.15) is 0 Å². The van der Waals surface area contributed by atoms with Gasteiger partial charge in [-0.3, -0.25) is 19.3 Å². The Bertz CT molecular complexity index is 524. The van der Waals surface area contributed by atoms with E-state index in [-0.39, 0.29) is 17.9 Å². The van der Waals surface area contributed by atoms with E-state index in [0.717, 1.165) is 4.90 Å². The Hall–Kier alpha value is -1.68. The summed E-state index contributed by atoms with van der Waals surface area (Å²) in [7, 11) is 0. The van der Waals surface area contributed by atoms with Gasteiger partial charge in [-0.05, 0) is 12.1 Å². The van der Waals surface area contributed by atoms with Gasteiger partial charge in [-0.2, -0.15) is 0 Å². The summed E-state index contributed by atoms with van der Waals surface area (Å²) in [5, 5.41) is 0.311. The van der Waals surface area contributed by atoms with Crippen LogP contribution in [0.25, 0.3) is 0 Å². The van der Waals surface area contributed by atoms with Crippen molar-refractivity contribution in [3.63, 3.8) is 0 Å². The molecule has 1 aliphatic rings. The number of halogens is 1. The summed E-state index contributed by atoms with van der Waals surface area (Å²) in [5.74, 6) is -1.40. The number of ketones is 2. The van der Waals surface area contributed by atoms with Gasteiger partial charge in [-0.1, -0.05) is 24.6 Å². The highest BCUT2D eigenvalue weighted by atomic mass is 35.5. The van der Waals surface area contributed by atoms with Crippen LogP contribution in [-0.4, -0.2) is 24.0 Å². The molecule has 0 unspecified atom stereocenters. The Balaban J connectivity index is 2.47. The average Bonchev–Trinajstić information content (AvgIpc) is 2.56. The first-order valence-corrected chi connectivity index (χ1v) is 5.60. The summed E-state index contributed by atoms with van der Waals surface area (Å²) >= 11 is 5.96. The lowest BCUT2D eigenvalue weighted by Gasteiger charge is -2.16. The predicted molar refractivity (Wildman–Crippen MR) is 63.4 cm³/mol. The van der Waals surface area contributed by atoms with Gasteiger partial charge in [0.05, 0.1) is 22.8 Å². The van der Waals surface area contributed by atoms with Crippen LogP contribution in [0.2, 0.25) is 5.02 Å². The van der Waals surface area contributed by atoms with E-state index in [9.17, 15) is 14.4 Å². The summed E-state index contributed by atoms with van der Waals surface area (Å²) in [6.07, 6.45) is 0.317. The maximum Gasteiger partial charge on any atom is 0.299 e. The summed E-state index contributed by atoms with van der Waals surface area (Å²) in [5.41, 5.74) is 0.623. The Kier molecular flexibility index (Phi) is 2.98. The Labute approximate surface area is 103 Å². The van der Waals surface area contributed by atoms with Crippen molar-refractivity contribution in [3.05, 3.63) is 28.8 Å². The van der Waals surface area contributed by atoms with Gasteiger partial charge < -0.3 is 0 Å². The van der Waals surface area contributed by atoms with Crippen molar-refractivity contribution in [2.24, 2.45) is 0 Å². The molecule has 0 saturated heterocycles. The van der Waals surface area contributed by atoms with Crippen LogP contribution in [0, 0.1) is 0 Å². The fourth-order valence-electron chi connectivity index (χ4n) is 1.75. The maximum atomic E-state index is 11.7. The van der Waals surface area contributed by atoms with E-state index in [1.807, 2.05) is 0 Å². The van der Waals surface area contributed by atoms with Crippen LogP contribution in [0.1, 0.15) is 23.7 Å². The summed E-state index contributed by atoms with van der Waals surface area (Å²) < 4.78 is 0. The van der Waals surface area contributed by atoms with E-state index >= 15 is 0 Å². The Morgan fingerprint density at radius 1 is 1.35 bits per heavy atom. The van der Waals surface area contributed by atoms with Crippen molar-refractivity contribution in [1.82, 2.24) is 0 Å². The lowest BCUT2D eigenvalue weighted by Crippen LogP contribution is -2.34. The molecule has 0 aromatic heterocycles. The normalized spacial score (nSPS) is 14.1. The number of carbonyl (C=O) groups is 3. The van der Waals surface area contributed by atoms with Gasteiger partial charge in [0, 0.05) is 6.42 Å². The van der Waals surface area contributed by atoms with Crippen molar-refractivity contribution < 1.29 is 14.4 Å². The number of fused-ring (bicyclic) bond motifs is 1. The molecule has 1 aromatic carbocycles. The minimum absolute atomic E-state index is 0.0994. The molecule has 2 rings (SSSR count). The summed E-state index contributed by atoms with van der Waals surface area (Å²) in [4.78, 5) is 36.0. The summed E-state index contributed by atoms with van der Waals surface area (Å²) in [6.45, 7) is 1.61.